The second kappa shape index (κ2) is 8.82. The average Bonchev–Trinajstić information content (AvgIpc) is 2.90. The maximum Gasteiger partial charge on any atom is 0.257 e. The first-order chi connectivity index (χ1) is 17.7. The predicted octanol–water partition coefficient (Wildman–Crippen LogP) is 5.21. The molecule has 2 saturated carbocycles. The molecule has 0 amide bonds. The van der Waals surface area contributed by atoms with Crippen LogP contribution in [-0.4, -0.2) is 57.7 Å². The molecule has 8 nitrogen and oxygen atoms in total. The van der Waals surface area contributed by atoms with Crippen LogP contribution in [0, 0.1) is 10.8 Å². The molecule has 2 bridgehead atoms. The lowest BCUT2D eigenvalue weighted by molar-refractivity contribution is -0.0540. The first kappa shape index (κ1) is 23.9. The average molecular weight is 506 g/mol. The summed E-state index contributed by atoms with van der Waals surface area (Å²) in [7, 11) is 1.88. The topological polar surface area (TPSA) is 93.5 Å². The number of hydrogen-bond donors (Lipinski definition) is 1. The molecular formula is C28H32FN5O3. The number of halogens is 1. The van der Waals surface area contributed by atoms with Crippen LogP contribution in [0.2, 0.25) is 0 Å². The standard InChI is InChI=1S/C28H32FN5O3/c1-27-7-4-8-28(2,16-27)24(29)20(13-27)34(3)23-15-30-25(33-32-23)19-6-5-17(11-21(19)35)18-12-22-26(31-14-18)37-10-9-36-22/h5-6,11-12,14-15,20,24,35H,4,7-10,13,16H2,1-3H3/t20-,24-,27-,28-/m1/s1. The van der Waals surface area contributed by atoms with Crippen molar-refractivity contribution in [2.24, 2.45) is 10.8 Å². The quantitative estimate of drug-likeness (QED) is 0.517. The number of ether oxygens (including phenoxy) is 2. The Morgan fingerprint density at radius 2 is 1.86 bits per heavy atom. The molecule has 2 aliphatic carbocycles. The Morgan fingerprint density at radius 1 is 1.03 bits per heavy atom. The molecular weight excluding hydrogens is 473 g/mol. The minimum Gasteiger partial charge on any atom is -0.507 e. The fraction of sp³-hybridized carbons (Fsp3) is 0.500. The molecule has 2 fully saturated rings. The van der Waals surface area contributed by atoms with Crippen LogP contribution in [0.4, 0.5) is 10.2 Å². The van der Waals surface area contributed by atoms with Gasteiger partial charge in [-0.2, -0.15) is 0 Å². The van der Waals surface area contributed by atoms with Crippen molar-refractivity contribution < 1.29 is 19.0 Å². The van der Waals surface area contributed by atoms with Gasteiger partial charge in [-0.25, -0.2) is 14.4 Å². The van der Waals surface area contributed by atoms with Crippen molar-refractivity contribution in [2.45, 2.75) is 58.2 Å². The summed E-state index contributed by atoms with van der Waals surface area (Å²) in [5.74, 6) is 1.92. The molecule has 0 spiro atoms. The maximum absolute atomic E-state index is 15.7. The van der Waals surface area contributed by atoms with Crippen LogP contribution < -0.4 is 14.4 Å². The van der Waals surface area contributed by atoms with Gasteiger partial charge in [0.05, 0.1) is 17.8 Å². The van der Waals surface area contributed by atoms with Crippen LogP contribution >= 0.6 is 0 Å². The van der Waals surface area contributed by atoms with E-state index >= 15 is 4.39 Å². The molecule has 1 N–H and O–H groups in total. The number of phenols is 1. The number of nitrogens with zero attached hydrogens (tertiary/aromatic N) is 5. The van der Waals surface area contributed by atoms with Crippen molar-refractivity contribution in [1.29, 1.82) is 0 Å². The summed E-state index contributed by atoms with van der Waals surface area (Å²) in [5, 5.41) is 19.4. The summed E-state index contributed by atoms with van der Waals surface area (Å²) >= 11 is 0. The molecule has 1 aromatic carbocycles. The van der Waals surface area contributed by atoms with E-state index in [-0.39, 0.29) is 22.6 Å². The second-order valence-corrected chi connectivity index (χ2v) is 11.4. The van der Waals surface area contributed by atoms with Gasteiger partial charge in [0.2, 0.25) is 0 Å². The molecule has 0 radical (unpaired) electrons. The number of rotatable bonds is 4. The van der Waals surface area contributed by atoms with Gasteiger partial charge in [-0.15, -0.1) is 10.2 Å². The van der Waals surface area contributed by atoms with Gasteiger partial charge in [0.15, 0.2) is 17.4 Å². The minimum absolute atomic E-state index is 0.0278. The molecule has 4 atom stereocenters. The Hall–Kier alpha value is -3.49. The predicted molar refractivity (Wildman–Crippen MR) is 138 cm³/mol. The highest BCUT2D eigenvalue weighted by molar-refractivity contribution is 5.73. The van der Waals surface area contributed by atoms with Crippen molar-refractivity contribution >= 4 is 5.82 Å². The van der Waals surface area contributed by atoms with Crippen LogP contribution in [-0.2, 0) is 0 Å². The molecule has 37 heavy (non-hydrogen) atoms. The van der Waals surface area contributed by atoms with Crippen molar-refractivity contribution in [3.8, 4) is 39.9 Å². The van der Waals surface area contributed by atoms with Crippen molar-refractivity contribution in [3.63, 3.8) is 0 Å². The zero-order chi connectivity index (χ0) is 25.8. The smallest absolute Gasteiger partial charge is 0.257 e. The lowest BCUT2D eigenvalue weighted by atomic mass is 9.54. The first-order valence-corrected chi connectivity index (χ1v) is 12.9. The number of pyridine rings is 1. The van der Waals surface area contributed by atoms with Gasteiger partial charge in [-0.1, -0.05) is 26.3 Å². The van der Waals surface area contributed by atoms with E-state index in [0.717, 1.165) is 43.2 Å². The van der Waals surface area contributed by atoms with Crippen molar-refractivity contribution in [1.82, 2.24) is 20.2 Å². The third-order valence-corrected chi connectivity index (χ3v) is 8.44. The number of aromatic nitrogens is 4. The largest absolute Gasteiger partial charge is 0.507 e. The Balaban J connectivity index is 1.22. The number of alkyl halides is 1. The number of phenolic OH excluding ortho intramolecular Hbond substituents is 1. The van der Waals surface area contributed by atoms with Crippen LogP contribution in [0.5, 0.6) is 17.4 Å². The molecule has 9 heteroatoms. The zero-order valence-electron chi connectivity index (χ0n) is 21.4. The molecule has 3 heterocycles. The van der Waals surface area contributed by atoms with Crippen LogP contribution in [0.25, 0.3) is 22.5 Å². The minimum atomic E-state index is -0.931. The van der Waals surface area contributed by atoms with E-state index in [4.69, 9.17) is 9.47 Å². The summed E-state index contributed by atoms with van der Waals surface area (Å²) in [6, 6.07) is 6.84. The maximum atomic E-state index is 15.7. The molecule has 3 aromatic rings. The lowest BCUT2D eigenvalue weighted by Gasteiger charge is -2.55. The molecule has 2 aromatic heterocycles. The SMILES string of the molecule is CN(c1cnc(-c2ccc(-c3cnc4c(c3)OCCO4)cc2O)nn1)[C@@H]1C[C@@]2(C)CCC[C@](C)(C2)[C@@H]1F. The fourth-order valence-corrected chi connectivity index (χ4v) is 6.60. The van der Waals surface area contributed by atoms with E-state index in [1.165, 1.54) is 0 Å². The second-order valence-electron chi connectivity index (χ2n) is 11.4. The molecule has 3 aliphatic rings. The number of anilines is 1. The Bertz CT molecular complexity index is 1320. The van der Waals surface area contributed by atoms with Crippen molar-refractivity contribution in [2.75, 3.05) is 25.2 Å². The normalized spacial score (nSPS) is 28.5. The first-order valence-electron chi connectivity index (χ1n) is 12.9. The Morgan fingerprint density at radius 3 is 2.65 bits per heavy atom. The van der Waals surface area contributed by atoms with Crippen molar-refractivity contribution in [3.05, 3.63) is 36.7 Å². The zero-order valence-corrected chi connectivity index (χ0v) is 21.4. The van der Waals surface area contributed by atoms with Gasteiger partial charge >= 0.3 is 0 Å². The van der Waals surface area contributed by atoms with E-state index in [1.54, 1.807) is 24.5 Å². The van der Waals surface area contributed by atoms with Gasteiger partial charge < -0.3 is 19.5 Å². The Labute approximate surface area is 215 Å². The summed E-state index contributed by atoms with van der Waals surface area (Å²) in [4.78, 5) is 10.7. The van der Waals surface area contributed by atoms with E-state index in [2.05, 4.69) is 34.0 Å². The third-order valence-electron chi connectivity index (χ3n) is 8.44. The van der Waals surface area contributed by atoms with Gasteiger partial charge in [-0.3, -0.25) is 0 Å². The number of fused-ring (bicyclic) bond motifs is 3. The molecule has 1 aliphatic heterocycles. The highest BCUT2D eigenvalue weighted by atomic mass is 19.1. The third kappa shape index (κ3) is 4.24. The van der Waals surface area contributed by atoms with Crippen LogP contribution in [0.1, 0.15) is 46.0 Å². The van der Waals surface area contributed by atoms with E-state index in [0.29, 0.717) is 42.0 Å². The number of benzene rings is 1. The van der Waals surface area contributed by atoms with Gasteiger partial charge in [0, 0.05) is 24.2 Å². The molecule has 0 saturated heterocycles. The highest BCUT2D eigenvalue weighted by Gasteiger charge is 2.54. The fourth-order valence-electron chi connectivity index (χ4n) is 6.60. The summed E-state index contributed by atoms with van der Waals surface area (Å²) in [5.41, 5.74) is 1.88. The molecule has 0 unspecified atom stereocenters. The number of hydrogen-bond acceptors (Lipinski definition) is 8. The van der Waals surface area contributed by atoms with Gasteiger partial charge in [-0.05, 0) is 54.9 Å². The van der Waals surface area contributed by atoms with Gasteiger partial charge in [0.25, 0.3) is 5.88 Å². The monoisotopic (exact) mass is 505 g/mol. The molecule has 6 rings (SSSR count). The van der Waals surface area contributed by atoms with Gasteiger partial charge in [0.1, 0.15) is 25.1 Å². The lowest BCUT2D eigenvalue weighted by Crippen LogP contribution is -2.57. The molecule has 194 valence electrons. The van der Waals surface area contributed by atoms with E-state index in [9.17, 15) is 5.11 Å². The summed E-state index contributed by atoms with van der Waals surface area (Å²) < 4.78 is 26.8. The summed E-state index contributed by atoms with van der Waals surface area (Å²) in [6.45, 7) is 5.33. The Kier molecular flexibility index (Phi) is 5.69. The van der Waals surface area contributed by atoms with E-state index < -0.39 is 6.17 Å². The van der Waals surface area contributed by atoms with Crippen LogP contribution in [0.3, 0.4) is 0 Å². The van der Waals surface area contributed by atoms with E-state index in [1.807, 2.05) is 24.1 Å². The summed E-state index contributed by atoms with van der Waals surface area (Å²) in [6.07, 6.45) is 7.25. The van der Waals surface area contributed by atoms with Crippen LogP contribution in [0.15, 0.2) is 36.7 Å². The number of aromatic hydroxyl groups is 1. The highest BCUT2D eigenvalue weighted by Crippen LogP contribution is 2.57.